The molecule has 4 rings (SSSR count). The van der Waals surface area contributed by atoms with Crippen molar-refractivity contribution in [3.05, 3.63) is 80.3 Å². The minimum Gasteiger partial charge on any atom is -0.478 e. The van der Waals surface area contributed by atoms with Crippen LogP contribution in [0.1, 0.15) is 15.9 Å². The van der Waals surface area contributed by atoms with E-state index in [1.807, 2.05) is 11.4 Å². The number of nitrogens with one attached hydrogen (secondary N) is 1. The largest absolute Gasteiger partial charge is 0.478 e. The minimum atomic E-state index is -1.19. The first-order valence-electron chi connectivity index (χ1n) is 8.67. The highest BCUT2D eigenvalue weighted by atomic mass is 35.5. The molecule has 0 radical (unpaired) electrons. The number of thiophene rings is 1. The van der Waals surface area contributed by atoms with Crippen molar-refractivity contribution in [2.45, 2.75) is 6.54 Å². The van der Waals surface area contributed by atoms with Crippen LogP contribution in [0.3, 0.4) is 0 Å². The number of rotatable bonds is 6. The van der Waals surface area contributed by atoms with Crippen LogP contribution in [0, 0.1) is 10.1 Å². The predicted octanol–water partition coefficient (Wildman–Crippen LogP) is 5.23. The summed E-state index contributed by atoms with van der Waals surface area (Å²) < 4.78 is 0. The van der Waals surface area contributed by atoms with Crippen LogP contribution in [0.2, 0.25) is 5.02 Å². The third-order valence-electron chi connectivity index (χ3n) is 4.37. The molecule has 0 aliphatic carbocycles. The zero-order chi connectivity index (χ0) is 21.3. The molecule has 0 unspecified atom stereocenters. The number of nitro groups is 1. The van der Waals surface area contributed by atoms with Crippen molar-refractivity contribution in [3.63, 3.8) is 0 Å². The number of benzene rings is 2. The molecule has 2 heterocycles. The lowest BCUT2D eigenvalue weighted by molar-refractivity contribution is -0.384. The van der Waals surface area contributed by atoms with Crippen molar-refractivity contribution >= 4 is 50.5 Å². The highest BCUT2D eigenvalue weighted by Crippen LogP contribution is 2.33. The number of non-ortho nitro benzene ring substituents is 1. The van der Waals surface area contributed by atoms with E-state index < -0.39 is 10.9 Å². The first-order chi connectivity index (χ1) is 14.4. The highest BCUT2D eigenvalue weighted by Gasteiger charge is 2.20. The maximum Gasteiger partial charge on any atom is 0.337 e. The summed E-state index contributed by atoms with van der Waals surface area (Å²) in [4.78, 5) is 31.8. The van der Waals surface area contributed by atoms with Gasteiger partial charge in [-0.3, -0.25) is 10.1 Å². The molecular weight excluding hydrogens is 428 g/mol. The molecule has 0 fully saturated rings. The number of halogens is 1. The zero-order valence-electron chi connectivity index (χ0n) is 15.2. The Labute approximate surface area is 178 Å². The Balaban J connectivity index is 1.70. The summed E-state index contributed by atoms with van der Waals surface area (Å²) in [6.07, 6.45) is 1.64. The maximum atomic E-state index is 11.8. The Morgan fingerprint density at radius 1 is 1.27 bits per heavy atom. The number of carboxylic acids is 1. The molecule has 2 aromatic heterocycles. The summed E-state index contributed by atoms with van der Waals surface area (Å²) in [6.45, 7) is 0.286. The molecule has 0 saturated carbocycles. The average Bonchev–Trinajstić information content (AvgIpc) is 3.19. The number of anilines is 1. The molecule has 4 aromatic rings. The number of fused-ring (bicyclic) bond motifs is 1. The highest BCUT2D eigenvalue weighted by molar-refractivity contribution is 7.16. The molecule has 0 aliphatic rings. The van der Waals surface area contributed by atoms with Gasteiger partial charge in [-0.1, -0.05) is 23.7 Å². The van der Waals surface area contributed by atoms with Crippen LogP contribution in [0.4, 0.5) is 11.4 Å². The van der Waals surface area contributed by atoms with E-state index in [4.69, 9.17) is 11.6 Å². The van der Waals surface area contributed by atoms with Gasteiger partial charge in [-0.25, -0.2) is 14.8 Å². The molecule has 10 heteroatoms. The summed E-state index contributed by atoms with van der Waals surface area (Å²) >= 11 is 7.69. The topological polar surface area (TPSA) is 118 Å². The molecule has 8 nitrogen and oxygen atoms in total. The van der Waals surface area contributed by atoms with Gasteiger partial charge in [0.15, 0.2) is 5.82 Å². The smallest absolute Gasteiger partial charge is 0.337 e. The lowest BCUT2D eigenvalue weighted by Crippen LogP contribution is -2.06. The molecule has 0 spiro atoms. The van der Waals surface area contributed by atoms with Crippen molar-refractivity contribution in [2.75, 3.05) is 5.32 Å². The predicted molar refractivity (Wildman–Crippen MR) is 115 cm³/mol. The molecule has 0 amide bonds. The second kappa shape index (κ2) is 8.05. The lowest BCUT2D eigenvalue weighted by atomic mass is 10.0. The Kier molecular flexibility index (Phi) is 5.30. The Bertz CT molecular complexity index is 1290. The number of nitrogens with zero attached hydrogens (tertiary/aromatic N) is 3. The lowest BCUT2D eigenvalue weighted by Gasteiger charge is -2.12. The molecule has 0 aliphatic heterocycles. The summed E-state index contributed by atoms with van der Waals surface area (Å²) in [7, 11) is 0. The van der Waals surface area contributed by atoms with Crippen LogP contribution >= 0.6 is 22.9 Å². The molecule has 0 bridgehead atoms. The van der Waals surface area contributed by atoms with Gasteiger partial charge >= 0.3 is 5.97 Å². The normalized spacial score (nSPS) is 10.8. The average molecular weight is 441 g/mol. The summed E-state index contributed by atoms with van der Waals surface area (Å²) in [5.41, 5.74) is 1.43. The van der Waals surface area contributed by atoms with Gasteiger partial charge in [0.1, 0.15) is 4.83 Å². The van der Waals surface area contributed by atoms with Gasteiger partial charge in [0.05, 0.1) is 15.5 Å². The van der Waals surface area contributed by atoms with Crippen LogP contribution in [0.25, 0.3) is 21.6 Å². The maximum absolute atomic E-state index is 11.8. The molecular formula is C20H13ClN4O4S. The molecule has 30 heavy (non-hydrogen) atoms. The standard InChI is InChI=1S/C20H13ClN4O4S/c21-16-8-13(22-9-11-2-1-3-14(6-11)25(28)29)7-15(17(16)20(26)27)18-23-10-12-4-5-30-19(12)24-18/h1-8,10,22H,9H2,(H,26,27). The van der Waals surface area contributed by atoms with Crippen LogP contribution < -0.4 is 5.32 Å². The van der Waals surface area contributed by atoms with Crippen molar-refractivity contribution in [2.24, 2.45) is 0 Å². The van der Waals surface area contributed by atoms with Gasteiger partial charge in [0, 0.05) is 41.5 Å². The van der Waals surface area contributed by atoms with Gasteiger partial charge in [-0.05, 0) is 29.1 Å². The van der Waals surface area contributed by atoms with Crippen LogP contribution in [0.5, 0.6) is 0 Å². The number of carboxylic acid groups (broad SMARTS) is 1. The second-order valence-corrected chi connectivity index (χ2v) is 7.64. The zero-order valence-corrected chi connectivity index (χ0v) is 16.8. The van der Waals surface area contributed by atoms with E-state index in [0.29, 0.717) is 11.3 Å². The van der Waals surface area contributed by atoms with Crippen LogP contribution in [-0.2, 0) is 6.54 Å². The fourth-order valence-electron chi connectivity index (χ4n) is 2.97. The number of hydrogen-bond acceptors (Lipinski definition) is 7. The van der Waals surface area contributed by atoms with Gasteiger partial charge in [0.2, 0.25) is 0 Å². The summed E-state index contributed by atoms with van der Waals surface area (Å²) in [5.74, 6) is -0.932. The van der Waals surface area contributed by atoms with E-state index in [1.54, 1.807) is 24.4 Å². The third kappa shape index (κ3) is 3.93. The van der Waals surface area contributed by atoms with Crippen LogP contribution in [-0.4, -0.2) is 26.0 Å². The summed E-state index contributed by atoms with van der Waals surface area (Å²) in [6, 6.07) is 11.2. The monoisotopic (exact) mass is 440 g/mol. The van der Waals surface area contributed by atoms with E-state index in [1.165, 1.54) is 29.5 Å². The van der Waals surface area contributed by atoms with E-state index in [0.717, 1.165) is 10.2 Å². The first-order valence-corrected chi connectivity index (χ1v) is 9.93. The van der Waals surface area contributed by atoms with Gasteiger partial charge in [0.25, 0.3) is 5.69 Å². The summed E-state index contributed by atoms with van der Waals surface area (Å²) in [5, 5.41) is 26.5. The molecule has 0 saturated heterocycles. The van der Waals surface area contributed by atoms with Gasteiger partial charge in [-0.2, -0.15) is 0 Å². The Morgan fingerprint density at radius 3 is 2.87 bits per heavy atom. The van der Waals surface area contributed by atoms with E-state index in [-0.39, 0.29) is 34.2 Å². The van der Waals surface area contributed by atoms with Crippen molar-refractivity contribution in [1.82, 2.24) is 9.97 Å². The number of aromatic nitrogens is 2. The minimum absolute atomic E-state index is 0.00750. The molecule has 0 atom stereocenters. The number of aromatic carboxylic acids is 1. The van der Waals surface area contributed by atoms with Crippen molar-refractivity contribution in [3.8, 4) is 11.4 Å². The fourth-order valence-corrected chi connectivity index (χ4v) is 4.01. The number of carbonyl (C=O) groups is 1. The fraction of sp³-hybridized carbons (Fsp3) is 0.0500. The van der Waals surface area contributed by atoms with Crippen molar-refractivity contribution in [1.29, 1.82) is 0 Å². The quantitative estimate of drug-likeness (QED) is 0.311. The second-order valence-electron chi connectivity index (χ2n) is 6.34. The van der Waals surface area contributed by atoms with E-state index >= 15 is 0 Å². The first kappa shape index (κ1) is 19.7. The van der Waals surface area contributed by atoms with E-state index in [9.17, 15) is 20.0 Å². The Morgan fingerprint density at radius 2 is 2.10 bits per heavy atom. The Hall–Kier alpha value is -3.56. The molecule has 150 valence electrons. The van der Waals surface area contributed by atoms with E-state index in [2.05, 4.69) is 15.3 Å². The van der Waals surface area contributed by atoms with Crippen LogP contribution in [0.15, 0.2) is 54.0 Å². The SMILES string of the molecule is O=C(O)c1c(Cl)cc(NCc2cccc([N+](=O)[O-])c2)cc1-c1ncc2ccsc2n1. The number of hydrogen-bond donors (Lipinski definition) is 2. The van der Waals surface area contributed by atoms with Gasteiger partial charge < -0.3 is 10.4 Å². The number of nitro benzene ring substituents is 1. The van der Waals surface area contributed by atoms with Gasteiger partial charge in [-0.15, -0.1) is 11.3 Å². The van der Waals surface area contributed by atoms with Crippen molar-refractivity contribution < 1.29 is 14.8 Å². The molecule has 2 aromatic carbocycles. The third-order valence-corrected chi connectivity index (χ3v) is 5.49. The molecule has 2 N–H and O–H groups in total.